The Kier molecular flexibility index (Phi) is 5.40. The van der Waals surface area contributed by atoms with Crippen LogP contribution in [0.25, 0.3) is 0 Å². The van der Waals surface area contributed by atoms with Gasteiger partial charge < -0.3 is 5.32 Å². The van der Waals surface area contributed by atoms with Crippen LogP contribution < -0.4 is 5.32 Å². The van der Waals surface area contributed by atoms with E-state index in [4.69, 9.17) is 11.6 Å². The molecular weight excluding hydrogens is 282 g/mol. The summed E-state index contributed by atoms with van der Waals surface area (Å²) in [6, 6.07) is 15.8. The van der Waals surface area contributed by atoms with E-state index in [1.54, 1.807) is 0 Å². The van der Waals surface area contributed by atoms with E-state index < -0.39 is 0 Å². The molecule has 0 saturated heterocycles. The first-order valence-electron chi connectivity index (χ1n) is 7.06. The average molecular weight is 302 g/mol. The molecule has 2 rings (SSSR count). The van der Waals surface area contributed by atoms with Crippen molar-refractivity contribution in [2.45, 2.75) is 26.3 Å². The van der Waals surface area contributed by atoms with Crippen LogP contribution in [-0.4, -0.2) is 11.8 Å². The van der Waals surface area contributed by atoms with Crippen molar-refractivity contribution in [2.24, 2.45) is 0 Å². The van der Waals surface area contributed by atoms with Crippen molar-refractivity contribution in [2.75, 3.05) is 5.88 Å². The zero-order valence-corrected chi connectivity index (χ0v) is 13.2. The number of hydrogen-bond donors (Lipinski definition) is 1. The summed E-state index contributed by atoms with van der Waals surface area (Å²) in [7, 11) is 0. The summed E-state index contributed by atoms with van der Waals surface area (Å²) >= 11 is 5.99. The van der Waals surface area contributed by atoms with E-state index in [0.29, 0.717) is 12.3 Å². The maximum Gasteiger partial charge on any atom is 0.224 e. The maximum absolute atomic E-state index is 12.2. The van der Waals surface area contributed by atoms with E-state index in [-0.39, 0.29) is 11.9 Å². The predicted octanol–water partition coefficient (Wildman–Crippen LogP) is 3.94. The van der Waals surface area contributed by atoms with E-state index in [2.05, 4.69) is 17.4 Å². The van der Waals surface area contributed by atoms with Gasteiger partial charge in [0.2, 0.25) is 5.91 Å². The van der Waals surface area contributed by atoms with Gasteiger partial charge in [0.25, 0.3) is 0 Å². The fourth-order valence-electron chi connectivity index (χ4n) is 2.31. The lowest BCUT2D eigenvalue weighted by Crippen LogP contribution is -2.31. The summed E-state index contributed by atoms with van der Waals surface area (Å²) in [6.45, 7) is 4.06. The van der Waals surface area contributed by atoms with Gasteiger partial charge in [-0.2, -0.15) is 0 Å². The van der Waals surface area contributed by atoms with Gasteiger partial charge >= 0.3 is 0 Å². The standard InChI is InChI=1S/C18H20ClNO/c1-13-8-9-14(2)16(10-13)11-18(21)20-17(12-19)15-6-4-3-5-7-15/h3-10,17H,11-12H2,1-2H3,(H,20,21). The molecule has 0 heterocycles. The Hall–Kier alpha value is -1.80. The minimum Gasteiger partial charge on any atom is -0.348 e. The highest BCUT2D eigenvalue weighted by atomic mass is 35.5. The van der Waals surface area contributed by atoms with Gasteiger partial charge in [0.05, 0.1) is 12.5 Å². The van der Waals surface area contributed by atoms with Gasteiger partial charge in [-0.15, -0.1) is 11.6 Å². The molecule has 1 amide bonds. The molecule has 0 radical (unpaired) electrons. The number of hydrogen-bond acceptors (Lipinski definition) is 1. The number of aryl methyl sites for hydroxylation is 2. The van der Waals surface area contributed by atoms with Gasteiger partial charge in [0.1, 0.15) is 0 Å². The molecule has 0 bridgehead atoms. The van der Waals surface area contributed by atoms with Crippen molar-refractivity contribution < 1.29 is 4.79 Å². The van der Waals surface area contributed by atoms with Crippen LogP contribution in [-0.2, 0) is 11.2 Å². The largest absolute Gasteiger partial charge is 0.348 e. The number of nitrogens with one attached hydrogen (secondary N) is 1. The summed E-state index contributed by atoms with van der Waals surface area (Å²) in [4.78, 5) is 12.2. The summed E-state index contributed by atoms with van der Waals surface area (Å²) in [5.74, 6) is 0.362. The highest BCUT2D eigenvalue weighted by molar-refractivity contribution is 6.18. The summed E-state index contributed by atoms with van der Waals surface area (Å²) < 4.78 is 0. The van der Waals surface area contributed by atoms with Crippen molar-refractivity contribution in [1.82, 2.24) is 5.32 Å². The van der Waals surface area contributed by atoms with Crippen molar-refractivity contribution in [3.05, 3.63) is 70.8 Å². The number of alkyl halides is 1. The van der Waals surface area contributed by atoms with E-state index in [1.165, 1.54) is 5.56 Å². The summed E-state index contributed by atoms with van der Waals surface area (Å²) in [5, 5.41) is 3.01. The molecule has 110 valence electrons. The second-order valence-corrected chi connectivity index (χ2v) is 5.60. The number of rotatable bonds is 5. The number of carbonyl (C=O) groups excluding carboxylic acids is 1. The van der Waals surface area contributed by atoms with Gasteiger partial charge in [0.15, 0.2) is 0 Å². The molecule has 1 atom stereocenters. The molecule has 21 heavy (non-hydrogen) atoms. The van der Waals surface area contributed by atoms with Gasteiger partial charge in [0, 0.05) is 5.88 Å². The molecule has 1 unspecified atom stereocenters. The first-order chi connectivity index (χ1) is 10.1. The molecule has 2 aromatic rings. The van der Waals surface area contributed by atoms with Gasteiger partial charge in [-0.1, -0.05) is 54.1 Å². The van der Waals surface area contributed by atoms with Gasteiger partial charge in [-0.25, -0.2) is 0 Å². The predicted molar refractivity (Wildman–Crippen MR) is 87.7 cm³/mol. The number of carbonyl (C=O) groups is 1. The maximum atomic E-state index is 12.2. The molecule has 0 aromatic heterocycles. The zero-order chi connectivity index (χ0) is 15.2. The smallest absolute Gasteiger partial charge is 0.224 e. The fraction of sp³-hybridized carbons (Fsp3) is 0.278. The average Bonchev–Trinajstić information content (AvgIpc) is 2.49. The third-order valence-corrected chi connectivity index (χ3v) is 3.86. The first-order valence-corrected chi connectivity index (χ1v) is 7.60. The van der Waals surface area contributed by atoms with Crippen LogP contribution >= 0.6 is 11.6 Å². The molecule has 1 N–H and O–H groups in total. The monoisotopic (exact) mass is 301 g/mol. The molecule has 3 heteroatoms. The quantitative estimate of drug-likeness (QED) is 0.833. The lowest BCUT2D eigenvalue weighted by molar-refractivity contribution is -0.121. The van der Waals surface area contributed by atoms with Crippen LogP contribution in [0.5, 0.6) is 0 Å². The Morgan fingerprint density at radius 2 is 1.86 bits per heavy atom. The minimum atomic E-state index is -0.148. The summed E-state index contributed by atoms with van der Waals surface area (Å²) in [5.41, 5.74) is 4.40. The van der Waals surface area contributed by atoms with E-state index in [0.717, 1.165) is 16.7 Å². The minimum absolute atomic E-state index is 0.00166. The molecule has 0 saturated carbocycles. The topological polar surface area (TPSA) is 29.1 Å². The van der Waals surface area contributed by atoms with Crippen molar-refractivity contribution in [3.8, 4) is 0 Å². The van der Waals surface area contributed by atoms with Crippen LogP contribution in [0.2, 0.25) is 0 Å². The number of benzene rings is 2. The lowest BCUT2D eigenvalue weighted by Gasteiger charge is -2.17. The van der Waals surface area contributed by atoms with E-state index in [1.807, 2.05) is 50.2 Å². The molecular formula is C18H20ClNO. The Morgan fingerprint density at radius 3 is 2.52 bits per heavy atom. The molecule has 2 nitrogen and oxygen atoms in total. The van der Waals surface area contributed by atoms with Crippen LogP contribution in [0.3, 0.4) is 0 Å². The van der Waals surface area contributed by atoms with Crippen LogP contribution in [0.15, 0.2) is 48.5 Å². The Morgan fingerprint density at radius 1 is 1.14 bits per heavy atom. The lowest BCUT2D eigenvalue weighted by atomic mass is 10.0. The highest BCUT2D eigenvalue weighted by Crippen LogP contribution is 2.16. The van der Waals surface area contributed by atoms with Crippen molar-refractivity contribution in [1.29, 1.82) is 0 Å². The Balaban J connectivity index is 2.05. The third kappa shape index (κ3) is 4.33. The van der Waals surface area contributed by atoms with Crippen LogP contribution in [0.1, 0.15) is 28.3 Å². The van der Waals surface area contributed by atoms with Gasteiger partial charge in [-0.3, -0.25) is 4.79 Å². The Labute approximate surface area is 131 Å². The zero-order valence-electron chi connectivity index (χ0n) is 12.4. The second kappa shape index (κ2) is 7.28. The molecule has 0 spiro atoms. The van der Waals surface area contributed by atoms with Crippen molar-refractivity contribution >= 4 is 17.5 Å². The molecule has 0 fully saturated rings. The number of halogens is 1. The third-order valence-electron chi connectivity index (χ3n) is 3.55. The molecule has 0 aliphatic rings. The van der Waals surface area contributed by atoms with Gasteiger partial charge in [-0.05, 0) is 30.5 Å². The summed E-state index contributed by atoms with van der Waals surface area (Å²) in [6.07, 6.45) is 0.383. The molecule has 0 aliphatic carbocycles. The van der Waals surface area contributed by atoms with Crippen molar-refractivity contribution in [3.63, 3.8) is 0 Å². The normalized spacial score (nSPS) is 12.0. The second-order valence-electron chi connectivity index (χ2n) is 5.29. The highest BCUT2D eigenvalue weighted by Gasteiger charge is 2.14. The molecule has 0 aliphatic heterocycles. The Bertz CT molecular complexity index is 610. The van der Waals surface area contributed by atoms with Crippen LogP contribution in [0, 0.1) is 13.8 Å². The fourth-order valence-corrected chi connectivity index (χ4v) is 2.56. The first kappa shape index (κ1) is 15.6. The van der Waals surface area contributed by atoms with E-state index in [9.17, 15) is 4.79 Å². The SMILES string of the molecule is Cc1ccc(C)c(CC(=O)NC(CCl)c2ccccc2)c1. The van der Waals surface area contributed by atoms with E-state index >= 15 is 0 Å². The van der Waals surface area contributed by atoms with Crippen LogP contribution in [0.4, 0.5) is 0 Å². The number of amides is 1. The molecule has 2 aromatic carbocycles.